The quantitative estimate of drug-likeness (QED) is 0.858. The number of carbonyl (C=O) groups is 1. The van der Waals surface area contributed by atoms with Gasteiger partial charge < -0.3 is 18.9 Å². The van der Waals surface area contributed by atoms with Crippen molar-refractivity contribution in [2.24, 2.45) is 0 Å². The number of amides is 1. The van der Waals surface area contributed by atoms with Gasteiger partial charge in [-0.25, -0.2) is 4.79 Å². The molecule has 1 saturated heterocycles. The molecule has 1 aromatic rings. The van der Waals surface area contributed by atoms with Crippen molar-refractivity contribution in [2.75, 3.05) is 13.1 Å². The van der Waals surface area contributed by atoms with Crippen LogP contribution in [0.3, 0.4) is 0 Å². The van der Waals surface area contributed by atoms with E-state index in [0.29, 0.717) is 25.5 Å². The fraction of sp³-hybridized carbons (Fsp3) is 0.733. The number of nitrogens with zero attached hydrogens (tertiary/aromatic N) is 2. The number of hydrogen-bond acceptors (Lipinski definition) is 5. The first-order valence-corrected chi connectivity index (χ1v) is 7.29. The van der Waals surface area contributed by atoms with Gasteiger partial charge in [0.2, 0.25) is 0 Å². The summed E-state index contributed by atoms with van der Waals surface area (Å²) in [4.78, 5) is 13.9. The minimum atomic E-state index is -0.481. The highest BCUT2D eigenvalue weighted by Gasteiger charge is 2.36. The molecule has 6 heteroatoms. The SMILES string of the molecule is CC(C)(C)OC(=O)N1CCCC(C)(OCc2ccno2)C1. The summed E-state index contributed by atoms with van der Waals surface area (Å²) in [5.74, 6) is 0.686. The lowest BCUT2D eigenvalue weighted by atomic mass is 9.95. The van der Waals surface area contributed by atoms with Gasteiger partial charge in [0.15, 0.2) is 5.76 Å². The van der Waals surface area contributed by atoms with Gasteiger partial charge in [-0.15, -0.1) is 0 Å². The molecule has 0 bridgehead atoms. The molecule has 1 aliphatic rings. The number of aromatic nitrogens is 1. The molecule has 2 heterocycles. The molecule has 1 fully saturated rings. The summed E-state index contributed by atoms with van der Waals surface area (Å²) in [6.07, 6.45) is 3.11. The smallest absolute Gasteiger partial charge is 0.410 e. The summed E-state index contributed by atoms with van der Waals surface area (Å²) in [7, 11) is 0. The van der Waals surface area contributed by atoms with Crippen LogP contribution in [-0.2, 0) is 16.1 Å². The van der Waals surface area contributed by atoms with E-state index >= 15 is 0 Å². The van der Waals surface area contributed by atoms with Crippen LogP contribution >= 0.6 is 0 Å². The molecular weight excluding hydrogens is 272 g/mol. The van der Waals surface area contributed by atoms with Gasteiger partial charge in [-0.2, -0.15) is 0 Å². The molecule has 2 rings (SSSR count). The Hall–Kier alpha value is -1.56. The fourth-order valence-corrected chi connectivity index (χ4v) is 2.37. The van der Waals surface area contributed by atoms with Gasteiger partial charge in [0.25, 0.3) is 0 Å². The third kappa shape index (κ3) is 4.74. The van der Waals surface area contributed by atoms with E-state index in [9.17, 15) is 4.79 Å². The average molecular weight is 296 g/mol. The molecule has 1 aromatic heterocycles. The minimum absolute atomic E-state index is 0.281. The van der Waals surface area contributed by atoms with Crippen molar-refractivity contribution in [3.63, 3.8) is 0 Å². The van der Waals surface area contributed by atoms with E-state index < -0.39 is 5.60 Å². The normalized spacial score (nSPS) is 23.1. The zero-order chi connectivity index (χ0) is 15.5. The number of carbonyl (C=O) groups excluding carboxylic acids is 1. The van der Waals surface area contributed by atoms with Crippen LogP contribution in [0, 0.1) is 0 Å². The van der Waals surface area contributed by atoms with E-state index in [-0.39, 0.29) is 11.7 Å². The lowest BCUT2D eigenvalue weighted by molar-refractivity contribution is -0.0926. The number of hydrogen-bond donors (Lipinski definition) is 0. The number of piperidine rings is 1. The monoisotopic (exact) mass is 296 g/mol. The molecule has 0 aliphatic carbocycles. The van der Waals surface area contributed by atoms with E-state index in [1.807, 2.05) is 27.7 Å². The predicted octanol–water partition coefficient (Wildman–Crippen LogP) is 2.98. The summed E-state index contributed by atoms with van der Waals surface area (Å²) >= 11 is 0. The standard InChI is InChI=1S/C15H24N2O4/c1-14(2,3)20-13(18)17-9-5-7-15(4,11-17)19-10-12-6-8-16-21-12/h6,8H,5,7,9-11H2,1-4H3. The third-order valence-corrected chi connectivity index (χ3v) is 3.36. The topological polar surface area (TPSA) is 64.8 Å². The highest BCUT2D eigenvalue weighted by Crippen LogP contribution is 2.27. The van der Waals surface area contributed by atoms with E-state index in [0.717, 1.165) is 12.8 Å². The summed E-state index contributed by atoms with van der Waals surface area (Å²) < 4.78 is 16.4. The molecule has 118 valence electrons. The maximum Gasteiger partial charge on any atom is 0.410 e. The van der Waals surface area contributed by atoms with Crippen molar-refractivity contribution in [1.29, 1.82) is 0 Å². The number of rotatable bonds is 3. The Kier molecular flexibility index (Phi) is 4.56. The minimum Gasteiger partial charge on any atom is -0.444 e. The van der Waals surface area contributed by atoms with Gasteiger partial charge in [0.1, 0.15) is 12.2 Å². The van der Waals surface area contributed by atoms with Gasteiger partial charge >= 0.3 is 6.09 Å². The summed E-state index contributed by atoms with van der Waals surface area (Å²) in [6.45, 7) is 9.21. The van der Waals surface area contributed by atoms with Crippen molar-refractivity contribution in [3.8, 4) is 0 Å². The van der Waals surface area contributed by atoms with Gasteiger partial charge in [0.05, 0.1) is 18.3 Å². The zero-order valence-electron chi connectivity index (χ0n) is 13.2. The first-order chi connectivity index (χ1) is 9.77. The first-order valence-electron chi connectivity index (χ1n) is 7.29. The maximum atomic E-state index is 12.2. The van der Waals surface area contributed by atoms with Crippen LogP contribution < -0.4 is 0 Å². The van der Waals surface area contributed by atoms with Crippen LogP contribution in [0.1, 0.15) is 46.3 Å². The van der Waals surface area contributed by atoms with Crippen LogP contribution in [0.15, 0.2) is 16.8 Å². The third-order valence-electron chi connectivity index (χ3n) is 3.36. The van der Waals surface area contributed by atoms with Crippen LogP contribution in [0.4, 0.5) is 4.79 Å². The molecule has 0 N–H and O–H groups in total. The Morgan fingerprint density at radius 3 is 2.90 bits per heavy atom. The molecule has 0 radical (unpaired) electrons. The molecule has 1 atom stereocenters. The molecule has 1 unspecified atom stereocenters. The van der Waals surface area contributed by atoms with Gasteiger partial charge in [-0.3, -0.25) is 0 Å². The van der Waals surface area contributed by atoms with Crippen molar-refractivity contribution in [1.82, 2.24) is 10.1 Å². The van der Waals surface area contributed by atoms with E-state index in [4.69, 9.17) is 14.0 Å². The Bertz CT molecular complexity index is 467. The highest BCUT2D eigenvalue weighted by atomic mass is 16.6. The molecule has 1 aliphatic heterocycles. The van der Waals surface area contributed by atoms with Crippen LogP contribution in [0.25, 0.3) is 0 Å². The summed E-state index contributed by atoms with van der Waals surface area (Å²) in [5, 5.41) is 3.65. The van der Waals surface area contributed by atoms with Crippen LogP contribution in [-0.4, -0.2) is 40.4 Å². The summed E-state index contributed by atoms with van der Waals surface area (Å²) in [5.41, 5.74) is -0.867. The lowest BCUT2D eigenvalue weighted by Gasteiger charge is -2.40. The zero-order valence-corrected chi connectivity index (χ0v) is 13.2. The second-order valence-corrected chi connectivity index (χ2v) is 6.72. The van der Waals surface area contributed by atoms with Crippen LogP contribution in [0.2, 0.25) is 0 Å². The lowest BCUT2D eigenvalue weighted by Crippen LogP contribution is -2.51. The molecule has 0 spiro atoms. The molecule has 1 amide bonds. The van der Waals surface area contributed by atoms with Gasteiger partial charge in [-0.1, -0.05) is 5.16 Å². The van der Waals surface area contributed by atoms with Crippen molar-refractivity contribution in [2.45, 2.75) is 58.3 Å². The largest absolute Gasteiger partial charge is 0.444 e. The van der Waals surface area contributed by atoms with E-state index in [1.165, 1.54) is 0 Å². The van der Waals surface area contributed by atoms with E-state index in [1.54, 1.807) is 17.2 Å². The second-order valence-electron chi connectivity index (χ2n) is 6.72. The Morgan fingerprint density at radius 2 is 2.29 bits per heavy atom. The molecule has 0 aromatic carbocycles. The molecule has 6 nitrogen and oxygen atoms in total. The molecule has 0 saturated carbocycles. The van der Waals surface area contributed by atoms with E-state index in [2.05, 4.69) is 5.16 Å². The van der Waals surface area contributed by atoms with Gasteiger partial charge in [0, 0.05) is 12.6 Å². The number of likely N-dealkylation sites (tertiary alicyclic amines) is 1. The van der Waals surface area contributed by atoms with Crippen molar-refractivity contribution in [3.05, 3.63) is 18.0 Å². The maximum absolute atomic E-state index is 12.2. The highest BCUT2D eigenvalue weighted by molar-refractivity contribution is 5.68. The Morgan fingerprint density at radius 1 is 1.52 bits per heavy atom. The van der Waals surface area contributed by atoms with Gasteiger partial charge in [-0.05, 0) is 40.5 Å². The van der Waals surface area contributed by atoms with Crippen molar-refractivity contribution >= 4 is 6.09 Å². The first kappa shape index (κ1) is 15.8. The Balaban J connectivity index is 1.91. The number of ether oxygens (including phenoxy) is 2. The predicted molar refractivity (Wildman–Crippen MR) is 76.7 cm³/mol. The molecular formula is C15H24N2O4. The Labute approximate surface area is 125 Å². The second kappa shape index (κ2) is 6.05. The average Bonchev–Trinajstić information content (AvgIpc) is 2.88. The summed E-state index contributed by atoms with van der Waals surface area (Å²) in [6, 6.07) is 1.78. The van der Waals surface area contributed by atoms with Crippen LogP contribution in [0.5, 0.6) is 0 Å². The van der Waals surface area contributed by atoms with Crippen molar-refractivity contribution < 1.29 is 18.8 Å². The molecule has 21 heavy (non-hydrogen) atoms. The fourth-order valence-electron chi connectivity index (χ4n) is 2.37.